The number of fused-ring (bicyclic) bond motifs is 1. The zero-order valence-corrected chi connectivity index (χ0v) is 17.3. The lowest BCUT2D eigenvalue weighted by Gasteiger charge is -2.14. The van der Waals surface area contributed by atoms with Crippen molar-refractivity contribution < 1.29 is 14.3 Å². The van der Waals surface area contributed by atoms with Crippen LogP contribution in [0.2, 0.25) is 0 Å². The molecule has 0 radical (unpaired) electrons. The highest BCUT2D eigenvalue weighted by atomic mass is 127. The monoisotopic (exact) mass is 462 g/mol. The Morgan fingerprint density at radius 2 is 1.84 bits per heavy atom. The lowest BCUT2D eigenvalue weighted by Crippen LogP contribution is -2.38. The van der Waals surface area contributed by atoms with E-state index < -0.39 is 0 Å². The Morgan fingerprint density at radius 1 is 1.16 bits per heavy atom. The van der Waals surface area contributed by atoms with Crippen molar-refractivity contribution in [3.05, 3.63) is 18.2 Å². The third-order valence-corrected chi connectivity index (χ3v) is 3.47. The molecule has 0 fully saturated rings. The van der Waals surface area contributed by atoms with E-state index in [1.54, 1.807) is 7.05 Å². The van der Waals surface area contributed by atoms with Crippen LogP contribution in [0.15, 0.2) is 23.2 Å². The normalized spacial score (nSPS) is 13.5. The summed E-state index contributed by atoms with van der Waals surface area (Å²) >= 11 is 0. The van der Waals surface area contributed by atoms with E-state index in [0.717, 1.165) is 23.6 Å². The number of carbonyl (C=O) groups is 1. The topological polar surface area (TPSA) is 84.0 Å². The summed E-state index contributed by atoms with van der Waals surface area (Å²) in [6.45, 7) is 6.19. The summed E-state index contributed by atoms with van der Waals surface area (Å²) in [5.41, 5.74) is 0.860. The second-order valence-corrected chi connectivity index (χ2v) is 5.78. The maximum atomic E-state index is 11.5. The predicted molar refractivity (Wildman–Crippen MR) is 110 cm³/mol. The molecular weight excluding hydrogens is 435 g/mol. The molecular formula is C17H27IN4O3. The van der Waals surface area contributed by atoms with Gasteiger partial charge in [-0.25, -0.2) is 0 Å². The number of ether oxygens (including phenoxy) is 2. The highest BCUT2D eigenvalue weighted by molar-refractivity contribution is 14.0. The van der Waals surface area contributed by atoms with Crippen LogP contribution in [0.25, 0.3) is 0 Å². The van der Waals surface area contributed by atoms with Crippen molar-refractivity contribution in [3.63, 3.8) is 0 Å². The number of anilines is 1. The minimum Gasteiger partial charge on any atom is -0.490 e. The van der Waals surface area contributed by atoms with Gasteiger partial charge in [-0.2, -0.15) is 0 Å². The summed E-state index contributed by atoms with van der Waals surface area (Å²) in [5, 5.41) is 9.21. The Morgan fingerprint density at radius 3 is 2.52 bits per heavy atom. The summed E-state index contributed by atoms with van der Waals surface area (Å²) < 4.78 is 11.3. The van der Waals surface area contributed by atoms with Gasteiger partial charge in [0.05, 0.1) is 13.2 Å². The molecule has 3 N–H and O–H groups in total. The fourth-order valence-corrected chi connectivity index (χ4v) is 2.13. The van der Waals surface area contributed by atoms with E-state index in [1.807, 2.05) is 32.0 Å². The lowest BCUT2D eigenvalue weighted by atomic mass is 10.2. The van der Waals surface area contributed by atoms with Gasteiger partial charge in [-0.05, 0) is 12.1 Å². The van der Waals surface area contributed by atoms with E-state index in [9.17, 15) is 4.79 Å². The molecule has 0 saturated carbocycles. The smallest absolute Gasteiger partial charge is 0.222 e. The molecule has 1 aromatic rings. The Bertz CT molecular complexity index is 593. The SMILES string of the molecule is CN=C(NCCNC(=O)C(C)C)Nc1ccc2c(c1)OCCCO2.I. The molecule has 0 spiro atoms. The molecule has 8 heteroatoms. The molecule has 140 valence electrons. The van der Waals surface area contributed by atoms with Gasteiger partial charge in [0.15, 0.2) is 17.5 Å². The third-order valence-electron chi connectivity index (χ3n) is 3.47. The summed E-state index contributed by atoms with van der Waals surface area (Å²) in [6, 6.07) is 5.70. The number of nitrogens with one attached hydrogen (secondary N) is 3. The number of aliphatic imine (C=N–C) groups is 1. The van der Waals surface area contributed by atoms with E-state index in [2.05, 4.69) is 20.9 Å². The van der Waals surface area contributed by atoms with E-state index >= 15 is 0 Å². The van der Waals surface area contributed by atoms with Crippen molar-refractivity contribution in [2.24, 2.45) is 10.9 Å². The molecule has 7 nitrogen and oxygen atoms in total. The number of carbonyl (C=O) groups excluding carboxylic acids is 1. The van der Waals surface area contributed by atoms with Crippen molar-refractivity contribution in [1.82, 2.24) is 10.6 Å². The van der Waals surface area contributed by atoms with Crippen LogP contribution in [0, 0.1) is 5.92 Å². The van der Waals surface area contributed by atoms with Crippen LogP contribution < -0.4 is 25.4 Å². The summed E-state index contributed by atoms with van der Waals surface area (Å²) in [6.07, 6.45) is 0.878. The average molecular weight is 462 g/mol. The molecule has 2 rings (SSSR count). The van der Waals surface area contributed by atoms with Crippen molar-refractivity contribution >= 4 is 41.5 Å². The first-order chi connectivity index (χ1) is 11.6. The zero-order chi connectivity index (χ0) is 17.4. The van der Waals surface area contributed by atoms with Gasteiger partial charge in [0.25, 0.3) is 0 Å². The molecule has 0 bridgehead atoms. The summed E-state index contributed by atoms with van der Waals surface area (Å²) in [4.78, 5) is 15.7. The molecule has 0 saturated heterocycles. The minimum atomic E-state index is -0.00997. The van der Waals surface area contributed by atoms with Gasteiger partial charge in [-0.15, -0.1) is 24.0 Å². The van der Waals surface area contributed by atoms with Crippen LogP contribution in [-0.4, -0.2) is 45.2 Å². The van der Waals surface area contributed by atoms with Crippen molar-refractivity contribution in [1.29, 1.82) is 0 Å². The first-order valence-corrected chi connectivity index (χ1v) is 8.25. The van der Waals surface area contributed by atoms with Crippen molar-refractivity contribution in [3.8, 4) is 11.5 Å². The van der Waals surface area contributed by atoms with Crippen LogP contribution in [0.4, 0.5) is 5.69 Å². The number of guanidine groups is 1. The number of hydrogen-bond acceptors (Lipinski definition) is 4. The number of nitrogens with zero attached hydrogens (tertiary/aromatic N) is 1. The zero-order valence-electron chi connectivity index (χ0n) is 14.9. The second kappa shape index (κ2) is 11.0. The van der Waals surface area contributed by atoms with Gasteiger partial charge in [0, 0.05) is 44.2 Å². The highest BCUT2D eigenvalue weighted by Crippen LogP contribution is 2.32. The minimum absolute atomic E-state index is 0. The van der Waals surface area contributed by atoms with Crippen LogP contribution in [0.1, 0.15) is 20.3 Å². The number of benzene rings is 1. The van der Waals surface area contributed by atoms with Crippen molar-refractivity contribution in [2.75, 3.05) is 38.7 Å². The van der Waals surface area contributed by atoms with Gasteiger partial charge >= 0.3 is 0 Å². The molecule has 1 amide bonds. The van der Waals surface area contributed by atoms with Crippen LogP contribution in [0.5, 0.6) is 11.5 Å². The first kappa shape index (κ1) is 21.3. The summed E-state index contributed by atoms with van der Waals surface area (Å²) in [7, 11) is 1.70. The predicted octanol–water partition coefficient (Wildman–Crippen LogP) is 2.23. The van der Waals surface area contributed by atoms with Crippen LogP contribution in [0.3, 0.4) is 0 Å². The fourth-order valence-electron chi connectivity index (χ4n) is 2.13. The van der Waals surface area contributed by atoms with Gasteiger partial charge in [0.2, 0.25) is 5.91 Å². The van der Waals surface area contributed by atoms with Gasteiger partial charge in [-0.1, -0.05) is 13.8 Å². The Hall–Kier alpha value is -1.71. The van der Waals surface area contributed by atoms with Gasteiger partial charge in [0.1, 0.15) is 0 Å². The molecule has 1 aliphatic heterocycles. The lowest BCUT2D eigenvalue weighted by molar-refractivity contribution is -0.123. The highest BCUT2D eigenvalue weighted by Gasteiger charge is 2.11. The van der Waals surface area contributed by atoms with E-state index in [1.165, 1.54) is 0 Å². The van der Waals surface area contributed by atoms with E-state index in [0.29, 0.717) is 32.3 Å². The number of hydrogen-bond donors (Lipinski definition) is 3. The van der Waals surface area contributed by atoms with E-state index in [4.69, 9.17) is 9.47 Å². The molecule has 0 atom stereocenters. The third kappa shape index (κ3) is 6.97. The Kier molecular flexibility index (Phi) is 9.40. The average Bonchev–Trinajstić information content (AvgIpc) is 2.82. The quantitative estimate of drug-likeness (QED) is 0.271. The molecule has 1 heterocycles. The Labute approximate surface area is 166 Å². The number of halogens is 1. The molecule has 25 heavy (non-hydrogen) atoms. The molecule has 0 unspecified atom stereocenters. The number of amides is 1. The Balaban J connectivity index is 0.00000312. The molecule has 1 aromatic carbocycles. The maximum absolute atomic E-state index is 11.5. The van der Waals surface area contributed by atoms with Crippen LogP contribution in [-0.2, 0) is 4.79 Å². The van der Waals surface area contributed by atoms with Crippen LogP contribution >= 0.6 is 24.0 Å². The van der Waals surface area contributed by atoms with Gasteiger partial charge < -0.3 is 25.4 Å². The molecule has 1 aliphatic rings. The standard InChI is InChI=1S/C17H26N4O3.HI/c1-12(2)16(22)19-7-8-20-17(18-3)21-13-5-6-14-15(11-13)24-10-4-9-23-14;/h5-6,11-12H,4,7-10H2,1-3H3,(H,19,22)(H2,18,20,21);1H. The summed E-state index contributed by atoms with van der Waals surface area (Å²) in [5.74, 6) is 2.16. The molecule has 0 aliphatic carbocycles. The first-order valence-electron chi connectivity index (χ1n) is 8.25. The maximum Gasteiger partial charge on any atom is 0.222 e. The second-order valence-electron chi connectivity index (χ2n) is 5.78. The van der Waals surface area contributed by atoms with Crippen molar-refractivity contribution in [2.45, 2.75) is 20.3 Å². The fraction of sp³-hybridized carbons (Fsp3) is 0.529. The van der Waals surface area contributed by atoms with Gasteiger partial charge in [-0.3, -0.25) is 9.79 Å². The largest absolute Gasteiger partial charge is 0.490 e. The number of rotatable bonds is 5. The van der Waals surface area contributed by atoms with E-state index in [-0.39, 0.29) is 35.8 Å². The molecule has 0 aromatic heterocycles.